The molecule has 1 aliphatic rings. The van der Waals surface area contributed by atoms with Crippen LogP contribution in [0.25, 0.3) is 10.9 Å². The number of amides is 4. The minimum absolute atomic E-state index is 0.154. The predicted octanol–water partition coefficient (Wildman–Crippen LogP) is 4.16. The molecule has 5 rings (SSSR count). The molecule has 1 fully saturated rings. The average Bonchev–Trinajstić information content (AvgIpc) is 3.52. The Labute approximate surface area is 236 Å². The van der Waals surface area contributed by atoms with Gasteiger partial charge in [-0.1, -0.05) is 18.2 Å². The van der Waals surface area contributed by atoms with Gasteiger partial charge in [0.25, 0.3) is 11.8 Å². The molecule has 10 nitrogen and oxygen atoms in total. The maximum atomic E-state index is 14.0. The number of carbonyl (C=O) groups is 4. The number of benzene rings is 3. The molecule has 0 saturated carbocycles. The zero-order chi connectivity index (χ0) is 29.1. The number of fused-ring (bicyclic) bond motifs is 1. The number of anilines is 2. The minimum atomic E-state index is -0.997. The first-order chi connectivity index (χ1) is 19.8. The minimum Gasteiger partial charge on any atom is -0.493 e. The highest BCUT2D eigenvalue weighted by Crippen LogP contribution is 2.31. The molecule has 1 aromatic heterocycles. The van der Waals surface area contributed by atoms with Crippen LogP contribution in [0.5, 0.6) is 11.5 Å². The standard InChI is InChI=1S/C31H30N4O6/c1-19(36)33-22-9-11-23(12-10-22)35-29(37)17-26(31(35)39)34(15-14-21-18-32-25-7-5-4-6-24(21)25)30(38)20-8-13-27(40-2)28(16-20)41-3/h4-13,16,18,26,32H,14-15,17H2,1-3H3,(H,33,36). The fourth-order valence-electron chi connectivity index (χ4n) is 5.14. The van der Waals surface area contributed by atoms with E-state index in [0.29, 0.717) is 34.9 Å². The molecule has 1 atom stereocenters. The molecule has 3 aromatic carbocycles. The van der Waals surface area contributed by atoms with Crippen LogP contribution < -0.4 is 19.7 Å². The summed E-state index contributed by atoms with van der Waals surface area (Å²) in [5, 5.41) is 3.69. The van der Waals surface area contributed by atoms with E-state index in [4.69, 9.17) is 9.47 Å². The zero-order valence-corrected chi connectivity index (χ0v) is 23.0. The van der Waals surface area contributed by atoms with Gasteiger partial charge in [-0.2, -0.15) is 0 Å². The summed E-state index contributed by atoms with van der Waals surface area (Å²) in [5.41, 5.74) is 3.18. The van der Waals surface area contributed by atoms with Crippen molar-refractivity contribution in [1.29, 1.82) is 0 Å². The first kappa shape index (κ1) is 27.4. The van der Waals surface area contributed by atoms with E-state index in [-0.39, 0.29) is 18.9 Å². The molecule has 0 aliphatic carbocycles. The van der Waals surface area contributed by atoms with Gasteiger partial charge in [0.2, 0.25) is 11.8 Å². The van der Waals surface area contributed by atoms with Crippen LogP contribution in [0.2, 0.25) is 0 Å². The fourth-order valence-corrected chi connectivity index (χ4v) is 5.14. The maximum Gasteiger partial charge on any atom is 0.257 e. The van der Waals surface area contributed by atoms with Gasteiger partial charge in [0, 0.05) is 41.8 Å². The molecule has 0 bridgehead atoms. The Kier molecular flexibility index (Phi) is 7.73. The van der Waals surface area contributed by atoms with Crippen molar-refractivity contribution in [3.05, 3.63) is 84.1 Å². The van der Waals surface area contributed by atoms with Crippen LogP contribution in [0.4, 0.5) is 11.4 Å². The molecular weight excluding hydrogens is 524 g/mol. The van der Waals surface area contributed by atoms with Crippen molar-refractivity contribution in [3.63, 3.8) is 0 Å². The Morgan fingerprint density at radius 3 is 2.44 bits per heavy atom. The summed E-state index contributed by atoms with van der Waals surface area (Å²) >= 11 is 0. The number of para-hydroxylation sites is 1. The Bertz CT molecular complexity index is 1630. The number of nitrogens with one attached hydrogen (secondary N) is 2. The number of nitrogens with zero attached hydrogens (tertiary/aromatic N) is 2. The van der Waals surface area contributed by atoms with Gasteiger partial charge in [-0.05, 0) is 60.5 Å². The van der Waals surface area contributed by atoms with Crippen LogP contribution in [0.1, 0.15) is 29.3 Å². The van der Waals surface area contributed by atoms with Crippen LogP contribution >= 0.6 is 0 Å². The number of aromatic nitrogens is 1. The molecule has 41 heavy (non-hydrogen) atoms. The Hall–Kier alpha value is -5.12. The smallest absolute Gasteiger partial charge is 0.257 e. The van der Waals surface area contributed by atoms with Crippen LogP contribution in [-0.4, -0.2) is 60.3 Å². The average molecular weight is 555 g/mol. The number of hydrogen-bond acceptors (Lipinski definition) is 6. The SMILES string of the molecule is COc1ccc(C(=O)N(CCc2c[nH]c3ccccc23)C2CC(=O)N(c3ccc(NC(C)=O)cc3)C2=O)cc1OC. The van der Waals surface area contributed by atoms with Crippen molar-refractivity contribution in [2.75, 3.05) is 31.0 Å². The molecule has 1 saturated heterocycles. The second-order valence-electron chi connectivity index (χ2n) is 9.69. The van der Waals surface area contributed by atoms with Gasteiger partial charge < -0.3 is 24.7 Å². The van der Waals surface area contributed by atoms with Crippen molar-refractivity contribution in [3.8, 4) is 11.5 Å². The summed E-state index contributed by atoms with van der Waals surface area (Å²) in [4.78, 5) is 58.1. The summed E-state index contributed by atoms with van der Waals surface area (Å²) in [6, 6.07) is 18.1. The molecule has 10 heteroatoms. The topological polar surface area (TPSA) is 121 Å². The van der Waals surface area contributed by atoms with Crippen molar-refractivity contribution in [2.24, 2.45) is 0 Å². The van der Waals surface area contributed by atoms with Gasteiger partial charge in [-0.3, -0.25) is 19.2 Å². The molecule has 210 valence electrons. The summed E-state index contributed by atoms with van der Waals surface area (Å²) in [5.74, 6) is -0.690. The largest absolute Gasteiger partial charge is 0.493 e. The predicted molar refractivity (Wildman–Crippen MR) is 154 cm³/mol. The third-order valence-corrected chi connectivity index (χ3v) is 7.13. The third kappa shape index (κ3) is 5.49. The lowest BCUT2D eigenvalue weighted by molar-refractivity contribution is -0.122. The van der Waals surface area contributed by atoms with Crippen molar-refractivity contribution in [1.82, 2.24) is 9.88 Å². The summed E-state index contributed by atoms with van der Waals surface area (Å²) in [6.07, 6.45) is 2.21. The second kappa shape index (κ2) is 11.5. The van der Waals surface area contributed by atoms with E-state index in [1.165, 1.54) is 26.0 Å². The number of carbonyl (C=O) groups excluding carboxylic acids is 4. The van der Waals surface area contributed by atoms with E-state index in [0.717, 1.165) is 21.4 Å². The van der Waals surface area contributed by atoms with Gasteiger partial charge in [-0.25, -0.2) is 4.90 Å². The highest BCUT2D eigenvalue weighted by Gasteiger charge is 2.44. The molecule has 0 spiro atoms. The first-order valence-electron chi connectivity index (χ1n) is 13.1. The molecule has 1 unspecified atom stereocenters. The van der Waals surface area contributed by atoms with Crippen LogP contribution in [0.15, 0.2) is 72.9 Å². The van der Waals surface area contributed by atoms with E-state index in [1.807, 2.05) is 30.5 Å². The molecule has 4 aromatic rings. The lowest BCUT2D eigenvalue weighted by Crippen LogP contribution is -2.46. The molecular formula is C31H30N4O6. The van der Waals surface area contributed by atoms with Crippen molar-refractivity contribution in [2.45, 2.75) is 25.8 Å². The van der Waals surface area contributed by atoms with Gasteiger partial charge in [-0.15, -0.1) is 0 Å². The Morgan fingerprint density at radius 2 is 1.73 bits per heavy atom. The zero-order valence-electron chi connectivity index (χ0n) is 23.0. The molecule has 2 N–H and O–H groups in total. The van der Waals surface area contributed by atoms with Crippen LogP contribution in [0, 0.1) is 0 Å². The highest BCUT2D eigenvalue weighted by molar-refractivity contribution is 6.23. The van der Waals surface area contributed by atoms with Gasteiger partial charge in [0.05, 0.1) is 26.3 Å². The summed E-state index contributed by atoms with van der Waals surface area (Å²) in [7, 11) is 2.99. The van der Waals surface area contributed by atoms with Crippen LogP contribution in [-0.2, 0) is 20.8 Å². The third-order valence-electron chi connectivity index (χ3n) is 7.13. The van der Waals surface area contributed by atoms with Gasteiger partial charge in [0.15, 0.2) is 11.5 Å². The maximum absolute atomic E-state index is 14.0. The van der Waals surface area contributed by atoms with E-state index >= 15 is 0 Å². The normalized spacial score (nSPS) is 14.8. The molecule has 1 aliphatic heterocycles. The summed E-state index contributed by atoms with van der Waals surface area (Å²) < 4.78 is 10.7. The first-order valence-corrected chi connectivity index (χ1v) is 13.1. The lowest BCUT2D eigenvalue weighted by Gasteiger charge is -2.28. The van der Waals surface area contributed by atoms with E-state index in [9.17, 15) is 19.2 Å². The Balaban J connectivity index is 1.46. The van der Waals surface area contributed by atoms with Crippen molar-refractivity contribution >= 4 is 45.9 Å². The van der Waals surface area contributed by atoms with E-state index in [2.05, 4.69) is 10.3 Å². The highest BCUT2D eigenvalue weighted by atomic mass is 16.5. The number of aromatic amines is 1. The summed E-state index contributed by atoms with van der Waals surface area (Å²) in [6.45, 7) is 1.60. The number of methoxy groups -OCH3 is 2. The molecule has 4 amide bonds. The fraction of sp³-hybridized carbons (Fsp3) is 0.226. The van der Waals surface area contributed by atoms with Crippen molar-refractivity contribution < 1.29 is 28.7 Å². The van der Waals surface area contributed by atoms with Gasteiger partial charge >= 0.3 is 0 Å². The number of hydrogen-bond donors (Lipinski definition) is 2. The second-order valence-corrected chi connectivity index (χ2v) is 9.69. The quantitative estimate of drug-likeness (QED) is 0.300. The van der Waals surface area contributed by atoms with Crippen LogP contribution in [0.3, 0.4) is 0 Å². The van der Waals surface area contributed by atoms with E-state index in [1.54, 1.807) is 42.5 Å². The molecule has 0 radical (unpaired) electrons. The Morgan fingerprint density at radius 1 is 1.00 bits per heavy atom. The van der Waals surface area contributed by atoms with Gasteiger partial charge in [0.1, 0.15) is 6.04 Å². The number of ether oxygens (including phenoxy) is 2. The number of imide groups is 1. The molecule has 2 heterocycles. The van der Waals surface area contributed by atoms with E-state index < -0.39 is 23.8 Å². The number of rotatable bonds is 9. The number of H-pyrrole nitrogens is 1. The monoisotopic (exact) mass is 554 g/mol. The lowest BCUT2D eigenvalue weighted by atomic mass is 10.1.